The average molecular weight is 294 g/mol. The van der Waals surface area contributed by atoms with Gasteiger partial charge in [0.05, 0.1) is 12.5 Å². The number of likely N-dealkylation sites (tertiary alicyclic amines) is 1. The first-order valence-electron chi connectivity index (χ1n) is 7.53. The fraction of sp³-hybridized carbons (Fsp3) is 1.00. The van der Waals surface area contributed by atoms with Crippen LogP contribution in [0.2, 0.25) is 0 Å². The number of nitrogens with one attached hydrogen (secondary N) is 1. The molecule has 2 fully saturated rings. The molecule has 2 saturated heterocycles. The van der Waals surface area contributed by atoms with Crippen molar-refractivity contribution in [3.8, 4) is 0 Å². The van der Waals surface area contributed by atoms with Crippen molar-refractivity contribution in [2.24, 2.45) is 11.3 Å². The Kier molecular flexibility index (Phi) is 5.31. The van der Waals surface area contributed by atoms with Gasteiger partial charge in [0, 0.05) is 25.1 Å². The summed E-state index contributed by atoms with van der Waals surface area (Å²) >= 11 is 0. The Morgan fingerprint density at radius 2 is 2.00 bits per heavy atom. The second-order valence-corrected chi connectivity index (χ2v) is 6.17. The van der Waals surface area contributed by atoms with Crippen molar-refractivity contribution in [1.29, 1.82) is 0 Å². The van der Waals surface area contributed by atoms with Crippen LogP contribution < -0.4 is 5.32 Å². The third-order valence-corrected chi connectivity index (χ3v) is 4.54. The highest BCUT2D eigenvalue weighted by atomic mass is 19.4. The van der Waals surface area contributed by atoms with Crippen molar-refractivity contribution < 1.29 is 17.9 Å². The number of ether oxygens (including phenoxy) is 1. The van der Waals surface area contributed by atoms with Crippen molar-refractivity contribution in [3.63, 3.8) is 0 Å². The summed E-state index contributed by atoms with van der Waals surface area (Å²) in [6, 6.07) is 0. The van der Waals surface area contributed by atoms with Crippen LogP contribution in [0.1, 0.15) is 26.2 Å². The molecule has 2 rings (SSSR count). The monoisotopic (exact) mass is 294 g/mol. The van der Waals surface area contributed by atoms with E-state index in [1.165, 1.54) is 0 Å². The normalized spacial score (nSPS) is 30.0. The van der Waals surface area contributed by atoms with Crippen molar-refractivity contribution in [1.82, 2.24) is 10.2 Å². The highest BCUT2D eigenvalue weighted by molar-refractivity contribution is 4.90. The molecule has 2 aliphatic rings. The van der Waals surface area contributed by atoms with Gasteiger partial charge in [0.1, 0.15) is 0 Å². The van der Waals surface area contributed by atoms with Gasteiger partial charge in [-0.05, 0) is 38.9 Å². The van der Waals surface area contributed by atoms with Crippen LogP contribution in [0.15, 0.2) is 0 Å². The lowest BCUT2D eigenvalue weighted by Crippen LogP contribution is -2.48. The average Bonchev–Trinajstić information content (AvgIpc) is 2.85. The largest absolute Gasteiger partial charge is 0.391 e. The Morgan fingerprint density at radius 3 is 2.50 bits per heavy atom. The van der Waals surface area contributed by atoms with Crippen LogP contribution in [0.3, 0.4) is 0 Å². The van der Waals surface area contributed by atoms with Crippen LogP contribution in [0.5, 0.6) is 0 Å². The van der Waals surface area contributed by atoms with Gasteiger partial charge in [-0.25, -0.2) is 0 Å². The molecule has 1 atom stereocenters. The van der Waals surface area contributed by atoms with Crippen LogP contribution in [0.4, 0.5) is 13.2 Å². The summed E-state index contributed by atoms with van der Waals surface area (Å²) in [6.07, 6.45) is -2.55. The maximum Gasteiger partial charge on any atom is 0.391 e. The molecule has 0 spiro atoms. The topological polar surface area (TPSA) is 24.5 Å². The Hall–Kier alpha value is -0.330. The Morgan fingerprint density at radius 1 is 1.30 bits per heavy atom. The minimum atomic E-state index is -4.02. The molecule has 0 radical (unpaired) electrons. The molecule has 1 unspecified atom stereocenters. The maximum atomic E-state index is 12.7. The van der Waals surface area contributed by atoms with Gasteiger partial charge in [0.15, 0.2) is 0 Å². The number of halogens is 3. The van der Waals surface area contributed by atoms with E-state index in [1.807, 2.05) is 0 Å². The second kappa shape index (κ2) is 6.62. The first kappa shape index (κ1) is 16.0. The minimum Gasteiger partial charge on any atom is -0.381 e. The fourth-order valence-corrected chi connectivity index (χ4v) is 3.25. The molecular formula is C14H25F3N2O. The van der Waals surface area contributed by atoms with E-state index in [9.17, 15) is 13.2 Å². The summed E-state index contributed by atoms with van der Waals surface area (Å²) in [4.78, 5) is 2.19. The standard InChI is InChI=1S/C14H25F3N2O/c1-2-18-9-13(5-8-20-11-13)10-19-6-3-12(4-7-19)14(15,16)17/h12,18H,2-11H2,1H3. The molecule has 0 aromatic heterocycles. The number of hydrogen-bond acceptors (Lipinski definition) is 3. The quantitative estimate of drug-likeness (QED) is 0.842. The van der Waals surface area contributed by atoms with E-state index < -0.39 is 12.1 Å². The number of nitrogens with zero attached hydrogens (tertiary/aromatic N) is 1. The Balaban J connectivity index is 1.84. The summed E-state index contributed by atoms with van der Waals surface area (Å²) in [6.45, 7) is 7.32. The fourth-order valence-electron chi connectivity index (χ4n) is 3.25. The summed E-state index contributed by atoms with van der Waals surface area (Å²) in [5.74, 6) is -1.11. The molecule has 2 aliphatic heterocycles. The SMILES string of the molecule is CCNCC1(CN2CCC(C(F)(F)F)CC2)CCOC1. The van der Waals surface area contributed by atoms with Gasteiger partial charge >= 0.3 is 6.18 Å². The molecule has 6 heteroatoms. The predicted octanol–water partition coefficient (Wildman–Crippen LogP) is 2.28. The lowest BCUT2D eigenvalue weighted by Gasteiger charge is -2.38. The van der Waals surface area contributed by atoms with Gasteiger partial charge in [-0.1, -0.05) is 6.92 Å². The van der Waals surface area contributed by atoms with Crippen molar-refractivity contribution >= 4 is 0 Å². The van der Waals surface area contributed by atoms with E-state index in [2.05, 4.69) is 17.1 Å². The molecule has 0 aliphatic carbocycles. The lowest BCUT2D eigenvalue weighted by atomic mass is 9.85. The molecule has 0 bridgehead atoms. The van der Waals surface area contributed by atoms with Crippen LogP contribution in [-0.4, -0.2) is 57.0 Å². The van der Waals surface area contributed by atoms with Crippen LogP contribution in [0.25, 0.3) is 0 Å². The third-order valence-electron chi connectivity index (χ3n) is 4.54. The van der Waals surface area contributed by atoms with Gasteiger partial charge in [0.25, 0.3) is 0 Å². The number of piperidine rings is 1. The molecule has 0 aromatic carbocycles. The predicted molar refractivity (Wildman–Crippen MR) is 71.6 cm³/mol. The van der Waals surface area contributed by atoms with E-state index in [-0.39, 0.29) is 18.3 Å². The van der Waals surface area contributed by atoms with Gasteiger partial charge < -0.3 is 15.0 Å². The van der Waals surface area contributed by atoms with Crippen LogP contribution in [-0.2, 0) is 4.74 Å². The Bertz CT molecular complexity index is 295. The lowest BCUT2D eigenvalue weighted by molar-refractivity contribution is -0.185. The minimum absolute atomic E-state index is 0.0844. The molecule has 20 heavy (non-hydrogen) atoms. The van der Waals surface area contributed by atoms with Crippen molar-refractivity contribution in [2.75, 3.05) is 45.9 Å². The highest BCUT2D eigenvalue weighted by Gasteiger charge is 2.43. The molecule has 0 amide bonds. The maximum absolute atomic E-state index is 12.7. The first-order valence-corrected chi connectivity index (χ1v) is 7.53. The zero-order valence-corrected chi connectivity index (χ0v) is 12.1. The first-order chi connectivity index (χ1) is 9.45. The van der Waals surface area contributed by atoms with E-state index in [1.54, 1.807) is 0 Å². The number of hydrogen-bond donors (Lipinski definition) is 1. The number of rotatable bonds is 5. The van der Waals surface area contributed by atoms with E-state index >= 15 is 0 Å². The summed E-state index contributed by atoms with van der Waals surface area (Å²) in [5.41, 5.74) is 0.0844. The van der Waals surface area contributed by atoms with Crippen molar-refractivity contribution in [2.45, 2.75) is 32.4 Å². The zero-order chi connectivity index (χ0) is 14.6. The van der Waals surface area contributed by atoms with Crippen LogP contribution in [0, 0.1) is 11.3 Å². The second-order valence-electron chi connectivity index (χ2n) is 6.17. The van der Waals surface area contributed by atoms with Crippen LogP contribution >= 0.6 is 0 Å². The van der Waals surface area contributed by atoms with E-state index in [4.69, 9.17) is 4.74 Å². The van der Waals surface area contributed by atoms with Gasteiger partial charge in [-0.3, -0.25) is 0 Å². The molecule has 2 heterocycles. The molecule has 3 nitrogen and oxygen atoms in total. The third kappa shape index (κ3) is 4.09. The van der Waals surface area contributed by atoms with Gasteiger partial charge in [-0.15, -0.1) is 0 Å². The van der Waals surface area contributed by atoms with E-state index in [0.717, 1.165) is 39.3 Å². The van der Waals surface area contributed by atoms with Crippen molar-refractivity contribution in [3.05, 3.63) is 0 Å². The molecule has 0 saturated carbocycles. The molecular weight excluding hydrogens is 269 g/mol. The number of alkyl halides is 3. The summed E-state index contributed by atoms with van der Waals surface area (Å²) in [5, 5.41) is 3.37. The highest BCUT2D eigenvalue weighted by Crippen LogP contribution is 2.36. The van der Waals surface area contributed by atoms with Gasteiger partial charge in [-0.2, -0.15) is 13.2 Å². The molecule has 118 valence electrons. The summed E-state index contributed by atoms with van der Waals surface area (Å²) < 4.78 is 43.5. The van der Waals surface area contributed by atoms with Gasteiger partial charge in [0.2, 0.25) is 0 Å². The summed E-state index contributed by atoms with van der Waals surface area (Å²) in [7, 11) is 0. The molecule has 1 N–H and O–H groups in total. The molecule has 0 aromatic rings. The Labute approximate surface area is 118 Å². The zero-order valence-electron chi connectivity index (χ0n) is 12.1. The van der Waals surface area contributed by atoms with E-state index in [0.29, 0.717) is 13.1 Å². The smallest absolute Gasteiger partial charge is 0.381 e.